The zero-order chi connectivity index (χ0) is 32.1. The number of hydrogen-bond acceptors (Lipinski definition) is 6. The van der Waals surface area contributed by atoms with Gasteiger partial charge in [-0.15, -0.1) is 0 Å². The van der Waals surface area contributed by atoms with Crippen LogP contribution in [0.25, 0.3) is 0 Å². The molecule has 0 saturated carbocycles. The molecule has 2 aromatic carbocycles. The maximum atomic E-state index is 13.5. The van der Waals surface area contributed by atoms with Crippen molar-refractivity contribution in [3.05, 3.63) is 82.7 Å². The molecule has 14 heteroatoms. The molecule has 2 aliphatic heterocycles. The SMILES string of the molecule is CCCc1cc(C(O)(C(F)(F)F)C(F)(F)F)ccc1Oc1ccnc(CN2C(=O)NC(C)(c3ccc4c(c3)CCO4)C2=O)c1. The number of ether oxygens (including phenoxy) is 2. The molecule has 44 heavy (non-hydrogen) atoms. The molecule has 1 saturated heterocycles. The van der Waals surface area contributed by atoms with Gasteiger partial charge in [0.1, 0.15) is 22.8 Å². The molecule has 1 fully saturated rings. The van der Waals surface area contributed by atoms with Crippen molar-refractivity contribution in [2.24, 2.45) is 0 Å². The number of hydrogen-bond donors (Lipinski definition) is 2. The van der Waals surface area contributed by atoms with Crippen LogP contribution in [0.4, 0.5) is 31.1 Å². The number of aryl methyl sites for hydroxylation is 1. The minimum Gasteiger partial charge on any atom is -0.493 e. The smallest absolute Gasteiger partial charge is 0.430 e. The highest BCUT2D eigenvalue weighted by molar-refractivity contribution is 6.07. The van der Waals surface area contributed by atoms with E-state index in [1.807, 2.05) is 6.07 Å². The Morgan fingerprint density at radius 2 is 1.77 bits per heavy atom. The molecule has 0 radical (unpaired) electrons. The number of halogens is 6. The Kier molecular flexibility index (Phi) is 7.77. The third kappa shape index (κ3) is 5.31. The zero-order valence-corrected chi connectivity index (χ0v) is 23.5. The van der Waals surface area contributed by atoms with E-state index in [2.05, 4.69) is 10.3 Å². The molecule has 1 aromatic heterocycles. The number of nitrogens with one attached hydrogen (secondary N) is 1. The van der Waals surface area contributed by atoms with Crippen molar-refractivity contribution in [3.63, 3.8) is 0 Å². The lowest BCUT2D eigenvalue weighted by molar-refractivity contribution is -0.376. The molecule has 2 N–H and O–H groups in total. The second-order valence-electron chi connectivity index (χ2n) is 10.7. The quantitative estimate of drug-likeness (QED) is 0.235. The van der Waals surface area contributed by atoms with E-state index in [1.54, 1.807) is 26.0 Å². The minimum atomic E-state index is -6.03. The Morgan fingerprint density at radius 1 is 1.05 bits per heavy atom. The summed E-state index contributed by atoms with van der Waals surface area (Å²) in [5.41, 5.74) is -6.06. The van der Waals surface area contributed by atoms with Gasteiger partial charge in [-0.05, 0) is 60.4 Å². The van der Waals surface area contributed by atoms with Crippen molar-refractivity contribution in [2.75, 3.05) is 6.61 Å². The number of urea groups is 1. The number of fused-ring (bicyclic) bond motifs is 1. The summed E-state index contributed by atoms with van der Waals surface area (Å²) >= 11 is 0. The van der Waals surface area contributed by atoms with Gasteiger partial charge in [-0.2, -0.15) is 26.3 Å². The van der Waals surface area contributed by atoms with E-state index < -0.39 is 41.0 Å². The highest BCUT2D eigenvalue weighted by Gasteiger charge is 2.71. The molecule has 3 amide bonds. The summed E-state index contributed by atoms with van der Waals surface area (Å²) in [7, 11) is 0. The van der Waals surface area contributed by atoms with Crippen molar-refractivity contribution in [1.29, 1.82) is 0 Å². The Morgan fingerprint density at radius 3 is 2.45 bits per heavy atom. The average Bonchev–Trinajstić information content (AvgIpc) is 3.51. The van der Waals surface area contributed by atoms with Gasteiger partial charge in [0, 0.05) is 24.2 Å². The predicted octanol–water partition coefficient (Wildman–Crippen LogP) is 6.04. The fourth-order valence-electron chi connectivity index (χ4n) is 5.29. The molecular weight excluding hydrogens is 596 g/mol. The van der Waals surface area contributed by atoms with Crippen LogP contribution >= 0.6 is 0 Å². The summed E-state index contributed by atoms with van der Waals surface area (Å²) in [6.07, 6.45) is -9.66. The van der Waals surface area contributed by atoms with Crippen LogP contribution in [0.1, 0.15) is 48.2 Å². The highest BCUT2D eigenvalue weighted by atomic mass is 19.4. The number of alkyl halides is 6. The normalized spacial score (nSPS) is 18.7. The Balaban J connectivity index is 1.38. The first-order valence-electron chi connectivity index (χ1n) is 13.6. The lowest BCUT2D eigenvalue weighted by Crippen LogP contribution is -2.53. The molecule has 2 aliphatic rings. The van der Waals surface area contributed by atoms with Gasteiger partial charge in [-0.3, -0.25) is 14.7 Å². The summed E-state index contributed by atoms with van der Waals surface area (Å²) in [5.74, 6) is 0.273. The van der Waals surface area contributed by atoms with Crippen LogP contribution in [0, 0.1) is 0 Å². The zero-order valence-electron chi connectivity index (χ0n) is 23.5. The summed E-state index contributed by atoms with van der Waals surface area (Å²) < 4.78 is 92.0. The number of amides is 3. The van der Waals surface area contributed by atoms with Crippen LogP contribution in [-0.4, -0.2) is 45.9 Å². The summed E-state index contributed by atoms with van der Waals surface area (Å²) in [6, 6.07) is 9.49. The van der Waals surface area contributed by atoms with E-state index in [-0.39, 0.29) is 35.7 Å². The standard InChI is InChI=1S/C30H27F6N3O5/c1-3-4-17-14-20(28(42,29(31,32)33)30(34,35)36)6-8-24(17)44-22-9-11-37-21(15-22)16-39-25(40)27(2,38-26(39)41)19-5-7-23-18(13-19)10-12-43-23/h5-9,11,13-15,42H,3-4,10,12,16H2,1-2H3,(H,38,41). The van der Waals surface area contributed by atoms with E-state index >= 15 is 0 Å². The highest BCUT2D eigenvalue weighted by Crippen LogP contribution is 2.50. The number of carbonyl (C=O) groups excluding carboxylic acids is 2. The molecular formula is C30H27F6N3O5. The van der Waals surface area contributed by atoms with E-state index in [1.165, 1.54) is 18.3 Å². The van der Waals surface area contributed by atoms with Crippen molar-refractivity contribution in [2.45, 2.75) is 63.1 Å². The molecule has 5 rings (SSSR count). The first-order valence-corrected chi connectivity index (χ1v) is 13.6. The number of pyridine rings is 1. The van der Waals surface area contributed by atoms with Crippen LogP contribution in [0.2, 0.25) is 0 Å². The number of rotatable bonds is 8. The lowest BCUT2D eigenvalue weighted by Gasteiger charge is -2.33. The van der Waals surface area contributed by atoms with Gasteiger partial charge < -0.3 is 19.9 Å². The Hall–Kier alpha value is -4.33. The van der Waals surface area contributed by atoms with Crippen molar-refractivity contribution < 1.29 is 50.5 Å². The van der Waals surface area contributed by atoms with Gasteiger partial charge in [0.15, 0.2) is 0 Å². The molecule has 1 unspecified atom stereocenters. The fraction of sp³-hybridized carbons (Fsp3) is 0.367. The number of nitrogens with zero attached hydrogens (tertiary/aromatic N) is 2. The van der Waals surface area contributed by atoms with Crippen LogP contribution in [0.15, 0.2) is 54.7 Å². The summed E-state index contributed by atoms with van der Waals surface area (Å²) in [6.45, 7) is 3.55. The van der Waals surface area contributed by atoms with E-state index in [9.17, 15) is 41.0 Å². The van der Waals surface area contributed by atoms with Crippen LogP contribution < -0.4 is 14.8 Å². The second-order valence-corrected chi connectivity index (χ2v) is 10.7. The monoisotopic (exact) mass is 623 g/mol. The molecule has 8 nitrogen and oxygen atoms in total. The number of imide groups is 1. The third-order valence-electron chi connectivity index (χ3n) is 7.70. The van der Waals surface area contributed by atoms with Gasteiger partial charge in [0.05, 0.1) is 18.8 Å². The third-order valence-corrected chi connectivity index (χ3v) is 7.70. The summed E-state index contributed by atoms with van der Waals surface area (Å²) in [5, 5.41) is 12.6. The molecule has 0 spiro atoms. The predicted molar refractivity (Wildman–Crippen MR) is 143 cm³/mol. The van der Waals surface area contributed by atoms with Crippen LogP contribution in [0.3, 0.4) is 0 Å². The van der Waals surface area contributed by atoms with Crippen molar-refractivity contribution in [3.8, 4) is 17.2 Å². The topological polar surface area (TPSA) is 101 Å². The van der Waals surface area contributed by atoms with Gasteiger partial charge in [0.2, 0.25) is 0 Å². The number of benzene rings is 2. The van der Waals surface area contributed by atoms with Crippen LogP contribution in [-0.2, 0) is 35.3 Å². The molecule has 3 heterocycles. The first-order chi connectivity index (χ1) is 20.6. The summed E-state index contributed by atoms with van der Waals surface area (Å²) in [4.78, 5) is 31.5. The number of aliphatic hydroxyl groups is 1. The maximum Gasteiger partial charge on any atom is 0.430 e. The largest absolute Gasteiger partial charge is 0.493 e. The van der Waals surface area contributed by atoms with Crippen LogP contribution in [0.5, 0.6) is 17.2 Å². The van der Waals surface area contributed by atoms with E-state index in [0.717, 1.165) is 22.3 Å². The van der Waals surface area contributed by atoms with Crippen molar-refractivity contribution >= 4 is 11.9 Å². The molecule has 0 aliphatic carbocycles. The minimum absolute atomic E-state index is 0.0000938. The van der Waals surface area contributed by atoms with E-state index in [0.29, 0.717) is 37.1 Å². The first kappa shape index (κ1) is 31.1. The Labute approximate surface area is 247 Å². The molecule has 1 atom stereocenters. The molecule has 234 valence electrons. The molecule has 0 bridgehead atoms. The number of aromatic nitrogens is 1. The fourth-order valence-corrected chi connectivity index (χ4v) is 5.29. The second kappa shape index (κ2) is 11.0. The number of carbonyl (C=O) groups is 2. The van der Waals surface area contributed by atoms with Gasteiger partial charge in [-0.25, -0.2) is 4.79 Å². The lowest BCUT2D eigenvalue weighted by atomic mass is 9.90. The Bertz CT molecular complexity index is 1590. The van der Waals surface area contributed by atoms with Gasteiger partial charge in [-0.1, -0.05) is 25.5 Å². The average molecular weight is 624 g/mol. The maximum absolute atomic E-state index is 13.5. The van der Waals surface area contributed by atoms with Gasteiger partial charge in [0.25, 0.3) is 11.5 Å². The van der Waals surface area contributed by atoms with Crippen molar-refractivity contribution in [1.82, 2.24) is 15.2 Å². The van der Waals surface area contributed by atoms with Gasteiger partial charge >= 0.3 is 18.4 Å². The molecule has 3 aromatic rings. The van der Waals surface area contributed by atoms with E-state index in [4.69, 9.17) is 9.47 Å².